The number of sulfonamides is 1. The van der Waals surface area contributed by atoms with Crippen molar-refractivity contribution >= 4 is 43.3 Å². The van der Waals surface area contributed by atoms with Gasteiger partial charge in [-0.25, -0.2) is 27.6 Å². The topological polar surface area (TPSA) is 136 Å². The van der Waals surface area contributed by atoms with Gasteiger partial charge >= 0.3 is 0 Å². The van der Waals surface area contributed by atoms with Crippen LogP contribution in [0.4, 0.5) is 5.82 Å². The predicted octanol–water partition coefficient (Wildman–Crippen LogP) is 3.21. The molecule has 11 nitrogen and oxygen atoms in total. The smallest absolute Gasteiger partial charge is 0.262 e. The molecular formula is C23H19BrN8O3S. The van der Waals surface area contributed by atoms with Crippen molar-refractivity contribution in [1.82, 2.24) is 34.1 Å². The molecule has 0 aliphatic heterocycles. The van der Waals surface area contributed by atoms with E-state index in [4.69, 9.17) is 0 Å². The van der Waals surface area contributed by atoms with Crippen LogP contribution in [0.15, 0.2) is 76.6 Å². The fourth-order valence-electron chi connectivity index (χ4n) is 3.49. The lowest BCUT2D eigenvalue weighted by molar-refractivity contribution is 0.102. The first-order valence-corrected chi connectivity index (χ1v) is 12.9. The molecule has 0 bridgehead atoms. The lowest BCUT2D eigenvalue weighted by atomic mass is 10.1. The maximum Gasteiger partial charge on any atom is 0.262 e. The number of amides is 1. The summed E-state index contributed by atoms with van der Waals surface area (Å²) in [5, 5.41) is 11.7. The molecule has 0 saturated heterocycles. The normalized spacial score (nSPS) is 11.6. The molecule has 5 rings (SSSR count). The number of benzene rings is 1. The van der Waals surface area contributed by atoms with Crippen LogP contribution in [-0.4, -0.2) is 50.7 Å². The van der Waals surface area contributed by atoms with Crippen molar-refractivity contribution in [2.24, 2.45) is 0 Å². The number of hydrogen-bond donors (Lipinski definition) is 2. The van der Waals surface area contributed by atoms with Crippen molar-refractivity contribution in [3.05, 3.63) is 82.9 Å². The summed E-state index contributed by atoms with van der Waals surface area (Å²) in [7, 11) is -2.21. The molecule has 0 spiro atoms. The van der Waals surface area contributed by atoms with E-state index in [-0.39, 0.29) is 10.5 Å². The molecule has 4 heterocycles. The maximum absolute atomic E-state index is 13.2. The van der Waals surface area contributed by atoms with Crippen LogP contribution in [0.25, 0.3) is 22.7 Å². The van der Waals surface area contributed by atoms with Gasteiger partial charge < -0.3 is 5.32 Å². The van der Waals surface area contributed by atoms with Crippen LogP contribution in [0, 0.1) is 6.92 Å². The summed E-state index contributed by atoms with van der Waals surface area (Å²) < 4.78 is 30.2. The van der Waals surface area contributed by atoms with E-state index in [1.54, 1.807) is 42.9 Å². The third-order valence-corrected chi connectivity index (χ3v) is 7.20. The van der Waals surface area contributed by atoms with Gasteiger partial charge in [-0.1, -0.05) is 18.2 Å². The Balaban J connectivity index is 1.54. The molecule has 1 aromatic carbocycles. The van der Waals surface area contributed by atoms with Crippen molar-refractivity contribution in [3.63, 3.8) is 0 Å². The fraction of sp³-hybridized carbons (Fsp3) is 0.0870. The number of nitrogens with zero attached hydrogens (tertiary/aromatic N) is 6. The molecular weight excluding hydrogens is 548 g/mol. The third kappa shape index (κ3) is 4.51. The van der Waals surface area contributed by atoms with Gasteiger partial charge in [-0.05, 0) is 53.7 Å². The SMILES string of the molecule is CNS(=O)(=O)c1ccc(-c2cc(NC(=O)c3cnn4cc(Br)cnc34)n(-c3ccc(C)cn3)n2)cc1. The number of carbonyl (C=O) groups excluding carboxylic acids is 1. The zero-order chi connectivity index (χ0) is 25.4. The second-order valence-corrected chi connectivity index (χ2v) is 10.6. The Morgan fingerprint density at radius 3 is 2.50 bits per heavy atom. The first-order chi connectivity index (χ1) is 17.2. The van der Waals surface area contributed by atoms with Crippen LogP contribution in [0.1, 0.15) is 15.9 Å². The highest BCUT2D eigenvalue weighted by molar-refractivity contribution is 9.10. The molecule has 13 heteroatoms. The van der Waals surface area contributed by atoms with E-state index < -0.39 is 15.9 Å². The molecule has 0 saturated carbocycles. The van der Waals surface area contributed by atoms with Crippen molar-refractivity contribution in [3.8, 4) is 17.1 Å². The van der Waals surface area contributed by atoms with Gasteiger partial charge in [0.1, 0.15) is 11.4 Å². The monoisotopic (exact) mass is 566 g/mol. The molecule has 5 aromatic rings. The molecule has 4 aromatic heterocycles. The zero-order valence-electron chi connectivity index (χ0n) is 19.0. The highest BCUT2D eigenvalue weighted by Gasteiger charge is 2.19. The Bertz CT molecular complexity index is 1690. The Kier molecular flexibility index (Phi) is 6.12. The van der Waals surface area contributed by atoms with Gasteiger partial charge in [0.15, 0.2) is 11.5 Å². The van der Waals surface area contributed by atoms with Gasteiger partial charge in [-0.3, -0.25) is 4.79 Å². The minimum absolute atomic E-state index is 0.133. The van der Waals surface area contributed by atoms with E-state index in [1.165, 1.54) is 34.6 Å². The van der Waals surface area contributed by atoms with Crippen molar-refractivity contribution in [1.29, 1.82) is 0 Å². The maximum atomic E-state index is 13.2. The van der Waals surface area contributed by atoms with E-state index in [1.807, 2.05) is 13.0 Å². The first kappa shape index (κ1) is 23.8. The third-order valence-electron chi connectivity index (χ3n) is 5.36. The minimum atomic E-state index is -3.57. The summed E-state index contributed by atoms with van der Waals surface area (Å²) in [6.45, 7) is 1.92. The molecule has 0 radical (unpaired) electrons. The fourth-order valence-corrected chi connectivity index (χ4v) is 4.52. The van der Waals surface area contributed by atoms with Crippen molar-refractivity contribution in [2.75, 3.05) is 12.4 Å². The Morgan fingerprint density at radius 1 is 1.03 bits per heavy atom. The molecule has 1 amide bonds. The Hall–Kier alpha value is -3.94. The molecule has 2 N–H and O–H groups in total. The second-order valence-electron chi connectivity index (χ2n) is 7.81. The van der Waals surface area contributed by atoms with E-state index in [9.17, 15) is 13.2 Å². The van der Waals surface area contributed by atoms with Gasteiger partial charge in [0.2, 0.25) is 10.0 Å². The summed E-state index contributed by atoms with van der Waals surface area (Å²) in [6.07, 6.45) is 6.43. The standard InChI is InChI=1S/C23H19BrN8O3S/c1-14-3-8-20(26-10-14)32-21(29-23(33)18-12-28-31-13-16(24)11-27-22(18)31)9-19(30-32)15-4-6-17(7-5-15)36(34,35)25-2/h3-13,25H,1-2H3,(H,29,33). The van der Waals surface area contributed by atoms with Gasteiger partial charge in [0, 0.05) is 30.2 Å². The van der Waals surface area contributed by atoms with Crippen LogP contribution in [0.5, 0.6) is 0 Å². The molecule has 0 unspecified atom stereocenters. The second kappa shape index (κ2) is 9.26. The van der Waals surface area contributed by atoms with Crippen LogP contribution < -0.4 is 10.0 Å². The number of rotatable bonds is 6. The highest BCUT2D eigenvalue weighted by Crippen LogP contribution is 2.26. The molecule has 0 aliphatic rings. The Morgan fingerprint density at radius 2 is 1.81 bits per heavy atom. The summed E-state index contributed by atoms with van der Waals surface area (Å²) in [6, 6.07) is 11.7. The van der Waals surface area contributed by atoms with Gasteiger partial charge in [-0.15, -0.1) is 0 Å². The van der Waals surface area contributed by atoms with Crippen LogP contribution in [0.3, 0.4) is 0 Å². The number of carbonyl (C=O) groups is 1. The summed E-state index contributed by atoms with van der Waals surface area (Å²) >= 11 is 3.34. The predicted molar refractivity (Wildman–Crippen MR) is 136 cm³/mol. The summed E-state index contributed by atoms with van der Waals surface area (Å²) in [5.74, 6) is 0.447. The quantitative estimate of drug-likeness (QED) is 0.322. The van der Waals surface area contributed by atoms with Gasteiger partial charge in [0.05, 0.1) is 21.3 Å². The van der Waals surface area contributed by atoms with Gasteiger partial charge in [-0.2, -0.15) is 14.9 Å². The zero-order valence-corrected chi connectivity index (χ0v) is 21.4. The highest BCUT2D eigenvalue weighted by atomic mass is 79.9. The lowest BCUT2D eigenvalue weighted by Crippen LogP contribution is -2.18. The summed E-state index contributed by atoms with van der Waals surface area (Å²) in [4.78, 5) is 22.0. The van der Waals surface area contributed by atoms with Crippen molar-refractivity contribution < 1.29 is 13.2 Å². The number of hydrogen-bond acceptors (Lipinski definition) is 7. The van der Waals surface area contributed by atoms with Crippen LogP contribution in [0.2, 0.25) is 0 Å². The molecule has 0 atom stereocenters. The number of pyridine rings is 1. The number of anilines is 1. The number of nitrogens with one attached hydrogen (secondary N) is 2. The first-order valence-electron chi connectivity index (χ1n) is 10.6. The number of fused-ring (bicyclic) bond motifs is 1. The average molecular weight is 567 g/mol. The largest absolute Gasteiger partial charge is 0.306 e. The van der Waals surface area contributed by atoms with E-state index in [0.29, 0.717) is 28.5 Å². The van der Waals surface area contributed by atoms with E-state index in [0.717, 1.165) is 10.0 Å². The van der Waals surface area contributed by atoms with E-state index in [2.05, 4.69) is 46.1 Å². The van der Waals surface area contributed by atoms with Crippen molar-refractivity contribution in [2.45, 2.75) is 11.8 Å². The summed E-state index contributed by atoms with van der Waals surface area (Å²) in [5.41, 5.74) is 2.84. The molecule has 0 fully saturated rings. The van der Waals surface area contributed by atoms with Gasteiger partial charge in [0.25, 0.3) is 5.91 Å². The molecule has 36 heavy (non-hydrogen) atoms. The number of aromatic nitrogens is 6. The Labute approximate surface area is 214 Å². The van der Waals surface area contributed by atoms with Crippen LogP contribution in [-0.2, 0) is 10.0 Å². The van der Waals surface area contributed by atoms with Crippen LogP contribution >= 0.6 is 15.9 Å². The number of halogens is 1. The minimum Gasteiger partial charge on any atom is -0.306 e. The van der Waals surface area contributed by atoms with E-state index >= 15 is 0 Å². The number of aryl methyl sites for hydroxylation is 1. The molecule has 0 aliphatic carbocycles. The molecule has 182 valence electrons. The lowest BCUT2D eigenvalue weighted by Gasteiger charge is -2.08. The average Bonchev–Trinajstić information content (AvgIpc) is 3.49.